The smallest absolute Gasteiger partial charge is 0.257 e. The molecule has 0 aliphatic carbocycles. The molecule has 1 aromatic heterocycles. The Kier molecular flexibility index (Phi) is 3.68. The van der Waals surface area contributed by atoms with Crippen molar-refractivity contribution in [2.45, 2.75) is 11.9 Å². The van der Waals surface area contributed by atoms with Gasteiger partial charge in [-0.25, -0.2) is 13.4 Å². The summed E-state index contributed by atoms with van der Waals surface area (Å²) in [6.07, 6.45) is 1.08. The Morgan fingerprint density at radius 1 is 1.37 bits per heavy atom. The summed E-state index contributed by atoms with van der Waals surface area (Å²) < 4.78 is 22.6. The summed E-state index contributed by atoms with van der Waals surface area (Å²) in [7, 11) is -3.34. The monoisotopic (exact) mass is 296 g/mol. The molecule has 2 aromatic rings. The molecule has 100 valence electrons. The van der Waals surface area contributed by atoms with Gasteiger partial charge in [0.25, 0.3) is 5.91 Å². The van der Waals surface area contributed by atoms with Crippen LogP contribution in [0.2, 0.25) is 0 Å². The van der Waals surface area contributed by atoms with Gasteiger partial charge >= 0.3 is 0 Å². The van der Waals surface area contributed by atoms with Gasteiger partial charge < -0.3 is 0 Å². The van der Waals surface area contributed by atoms with Crippen molar-refractivity contribution >= 4 is 32.2 Å². The topological polar surface area (TPSA) is 76.1 Å². The van der Waals surface area contributed by atoms with Crippen LogP contribution in [0.4, 0.5) is 5.13 Å². The normalized spacial score (nSPS) is 11.3. The van der Waals surface area contributed by atoms with E-state index >= 15 is 0 Å². The molecule has 7 heteroatoms. The number of sulfone groups is 1. The van der Waals surface area contributed by atoms with E-state index in [4.69, 9.17) is 0 Å². The molecule has 0 radical (unpaired) electrons. The second-order valence-corrected chi connectivity index (χ2v) is 6.91. The zero-order chi connectivity index (χ0) is 14.0. The molecule has 19 heavy (non-hydrogen) atoms. The minimum Gasteiger partial charge on any atom is -0.298 e. The number of benzene rings is 1. The van der Waals surface area contributed by atoms with Gasteiger partial charge in [-0.05, 0) is 19.1 Å². The van der Waals surface area contributed by atoms with Crippen molar-refractivity contribution in [3.63, 3.8) is 0 Å². The Balaban J connectivity index is 2.18. The van der Waals surface area contributed by atoms with Crippen LogP contribution in [-0.4, -0.2) is 25.6 Å². The molecule has 0 atom stereocenters. The fourth-order valence-corrected chi connectivity index (χ4v) is 3.17. The first-order chi connectivity index (χ1) is 8.86. The van der Waals surface area contributed by atoms with Crippen LogP contribution < -0.4 is 5.32 Å². The number of aromatic nitrogens is 1. The van der Waals surface area contributed by atoms with Crippen LogP contribution in [0.15, 0.2) is 34.7 Å². The van der Waals surface area contributed by atoms with Crippen molar-refractivity contribution in [3.05, 3.63) is 40.8 Å². The highest BCUT2D eigenvalue weighted by molar-refractivity contribution is 7.90. The zero-order valence-corrected chi connectivity index (χ0v) is 12.0. The number of nitrogens with one attached hydrogen (secondary N) is 1. The van der Waals surface area contributed by atoms with Gasteiger partial charge in [-0.15, -0.1) is 11.3 Å². The van der Waals surface area contributed by atoms with E-state index in [9.17, 15) is 13.2 Å². The van der Waals surface area contributed by atoms with Gasteiger partial charge in [-0.3, -0.25) is 10.1 Å². The van der Waals surface area contributed by atoms with Gasteiger partial charge in [-0.2, -0.15) is 0 Å². The minimum absolute atomic E-state index is 0.0305. The number of amides is 1. The summed E-state index contributed by atoms with van der Waals surface area (Å²) in [5.41, 5.74) is 1.49. The van der Waals surface area contributed by atoms with E-state index < -0.39 is 9.84 Å². The van der Waals surface area contributed by atoms with E-state index in [-0.39, 0.29) is 16.1 Å². The summed E-state index contributed by atoms with van der Waals surface area (Å²) in [6, 6.07) is 7.11. The van der Waals surface area contributed by atoms with E-state index in [0.717, 1.165) is 23.2 Å². The van der Waals surface area contributed by atoms with Crippen molar-refractivity contribution < 1.29 is 13.2 Å². The Bertz CT molecular complexity index is 720. The Labute approximate surface area is 115 Å². The van der Waals surface area contributed by atoms with Crippen molar-refractivity contribution in [2.24, 2.45) is 0 Å². The highest BCUT2D eigenvalue weighted by atomic mass is 32.2. The first-order valence-corrected chi connectivity index (χ1v) is 8.17. The van der Waals surface area contributed by atoms with E-state index in [1.165, 1.54) is 5.38 Å². The number of hydrogen-bond acceptors (Lipinski definition) is 5. The quantitative estimate of drug-likeness (QED) is 0.941. The molecule has 0 saturated heterocycles. The highest BCUT2D eigenvalue weighted by Gasteiger charge is 2.14. The molecule has 0 unspecified atom stereocenters. The summed E-state index contributed by atoms with van der Waals surface area (Å²) in [6.45, 7) is 1.89. The molecule has 1 heterocycles. The minimum atomic E-state index is -3.34. The van der Waals surface area contributed by atoms with Crippen LogP contribution >= 0.6 is 11.3 Å². The van der Waals surface area contributed by atoms with Gasteiger partial charge in [0.1, 0.15) is 0 Å². The maximum atomic E-state index is 11.9. The molecule has 1 amide bonds. The molecule has 0 fully saturated rings. The lowest BCUT2D eigenvalue weighted by atomic mass is 10.1. The van der Waals surface area contributed by atoms with Crippen LogP contribution in [0.3, 0.4) is 0 Å². The van der Waals surface area contributed by atoms with E-state index in [2.05, 4.69) is 10.3 Å². The first-order valence-electron chi connectivity index (χ1n) is 5.40. The third kappa shape index (κ3) is 3.39. The van der Waals surface area contributed by atoms with Gasteiger partial charge in [0.2, 0.25) is 0 Å². The summed E-state index contributed by atoms with van der Waals surface area (Å²) in [5.74, 6) is -0.307. The van der Waals surface area contributed by atoms with Crippen molar-refractivity contribution in [1.29, 1.82) is 0 Å². The van der Waals surface area contributed by atoms with Crippen molar-refractivity contribution in [1.82, 2.24) is 4.98 Å². The third-order valence-corrected chi connectivity index (χ3v) is 4.24. The number of anilines is 1. The Hall–Kier alpha value is -1.73. The van der Waals surface area contributed by atoms with E-state index in [1.807, 2.05) is 13.0 Å². The summed E-state index contributed by atoms with van der Waals surface area (Å²) >= 11 is 1.08. The average molecular weight is 296 g/mol. The second kappa shape index (κ2) is 5.10. The van der Waals surface area contributed by atoms with Crippen LogP contribution in [0, 0.1) is 6.92 Å². The van der Waals surface area contributed by atoms with Gasteiger partial charge in [0, 0.05) is 17.2 Å². The maximum absolute atomic E-state index is 11.9. The largest absolute Gasteiger partial charge is 0.298 e. The molecular weight excluding hydrogens is 284 g/mol. The molecular formula is C12H12N2O3S2. The number of nitrogens with zero attached hydrogens (tertiary/aromatic N) is 1. The number of carbonyl (C=O) groups is 1. The van der Waals surface area contributed by atoms with Crippen LogP contribution in [0.5, 0.6) is 0 Å². The van der Waals surface area contributed by atoms with E-state index in [1.54, 1.807) is 18.2 Å². The van der Waals surface area contributed by atoms with Crippen molar-refractivity contribution in [2.75, 3.05) is 11.6 Å². The van der Waals surface area contributed by atoms with Crippen LogP contribution in [0.25, 0.3) is 0 Å². The van der Waals surface area contributed by atoms with Gasteiger partial charge in [0.05, 0.1) is 0 Å². The lowest BCUT2D eigenvalue weighted by molar-refractivity contribution is 0.102. The number of hydrogen-bond donors (Lipinski definition) is 1. The predicted octanol–water partition coefficient (Wildman–Crippen LogP) is 2.11. The molecule has 0 bridgehead atoms. The molecule has 0 spiro atoms. The molecule has 1 N–H and O–H groups in total. The maximum Gasteiger partial charge on any atom is 0.257 e. The SMILES string of the molecule is Cc1cccc(C(=O)Nc2nc(S(C)(=O)=O)cs2)c1. The zero-order valence-electron chi connectivity index (χ0n) is 10.4. The number of carbonyl (C=O) groups excluding carboxylic acids is 1. The standard InChI is InChI=1S/C12H12N2O3S2/c1-8-4-3-5-9(6-8)11(15)14-12-13-10(7-18-12)19(2,16)17/h3-7H,1-2H3,(H,13,14,15). The fourth-order valence-electron chi connectivity index (χ4n) is 1.44. The third-order valence-electron chi connectivity index (χ3n) is 2.36. The highest BCUT2D eigenvalue weighted by Crippen LogP contribution is 2.19. The number of aryl methyl sites for hydroxylation is 1. The molecule has 0 saturated carbocycles. The summed E-state index contributed by atoms with van der Waals surface area (Å²) in [4.78, 5) is 15.8. The number of rotatable bonds is 3. The molecule has 0 aliphatic heterocycles. The van der Waals surface area contributed by atoms with E-state index in [0.29, 0.717) is 5.56 Å². The molecule has 0 aliphatic rings. The Morgan fingerprint density at radius 3 is 2.68 bits per heavy atom. The predicted molar refractivity (Wildman–Crippen MR) is 74.4 cm³/mol. The lowest BCUT2D eigenvalue weighted by Gasteiger charge is -2.02. The Morgan fingerprint density at radius 2 is 2.11 bits per heavy atom. The molecule has 2 rings (SSSR count). The molecule has 1 aromatic carbocycles. The van der Waals surface area contributed by atoms with Crippen LogP contribution in [-0.2, 0) is 9.84 Å². The lowest BCUT2D eigenvalue weighted by Crippen LogP contribution is -2.12. The van der Waals surface area contributed by atoms with Crippen molar-refractivity contribution in [3.8, 4) is 0 Å². The van der Waals surface area contributed by atoms with Gasteiger partial charge in [0.15, 0.2) is 20.0 Å². The molecule has 5 nitrogen and oxygen atoms in total. The second-order valence-electron chi connectivity index (χ2n) is 4.09. The van der Waals surface area contributed by atoms with Gasteiger partial charge in [-0.1, -0.05) is 17.7 Å². The average Bonchev–Trinajstić information content (AvgIpc) is 2.77. The fraction of sp³-hybridized carbons (Fsp3) is 0.167. The summed E-state index contributed by atoms with van der Waals surface area (Å²) in [5, 5.41) is 4.23. The number of thiazole rings is 1. The first kappa shape index (κ1) is 13.7. The van der Waals surface area contributed by atoms with Crippen LogP contribution in [0.1, 0.15) is 15.9 Å².